The molecular weight excluding hydrogens is 278 g/mol. The third kappa shape index (κ3) is 3.43. The number of hydrogen-bond acceptors (Lipinski definition) is 3. The van der Waals surface area contributed by atoms with E-state index in [4.69, 9.17) is 0 Å². The smallest absolute Gasteiger partial charge is 0.223 e. The minimum atomic E-state index is 0.0557. The number of Topliss-reactive ketones (excluding diaryl/α,β-unsaturated/α-hetero) is 2. The van der Waals surface area contributed by atoms with E-state index >= 15 is 0 Å². The van der Waals surface area contributed by atoms with E-state index in [1.165, 1.54) is 0 Å². The molecule has 0 N–H and O–H groups in total. The predicted octanol–water partition coefficient (Wildman–Crippen LogP) is 2.51. The molecule has 1 aromatic rings. The number of likely N-dealkylation sites (tertiary alicyclic amines) is 1. The Bertz CT molecular complexity index is 565. The Labute approximate surface area is 130 Å². The topological polar surface area (TPSA) is 54.5 Å². The molecule has 4 nitrogen and oxygen atoms in total. The van der Waals surface area contributed by atoms with E-state index in [1.807, 2.05) is 35.2 Å². The van der Waals surface area contributed by atoms with Crippen LogP contribution in [0.1, 0.15) is 44.1 Å². The highest BCUT2D eigenvalue weighted by Gasteiger charge is 2.35. The van der Waals surface area contributed by atoms with E-state index in [2.05, 4.69) is 0 Å². The molecule has 0 aromatic heterocycles. The summed E-state index contributed by atoms with van der Waals surface area (Å²) in [5.41, 5.74) is 1.12. The Balaban J connectivity index is 1.65. The number of hydrogen-bond donors (Lipinski definition) is 0. The molecule has 0 unspecified atom stereocenters. The first-order chi connectivity index (χ1) is 10.6. The predicted molar refractivity (Wildman–Crippen MR) is 82.0 cm³/mol. The summed E-state index contributed by atoms with van der Waals surface area (Å²) >= 11 is 0. The molecular formula is C18H21NO3. The molecule has 0 spiro atoms. The van der Waals surface area contributed by atoms with Crippen LogP contribution in [0, 0.1) is 5.92 Å². The minimum absolute atomic E-state index is 0.0557. The maximum absolute atomic E-state index is 12.2. The molecule has 1 atom stereocenters. The van der Waals surface area contributed by atoms with Gasteiger partial charge in [-0.05, 0) is 24.3 Å². The quantitative estimate of drug-likeness (QED) is 0.803. The molecule has 1 amide bonds. The van der Waals surface area contributed by atoms with Gasteiger partial charge in [0.15, 0.2) is 0 Å². The largest absolute Gasteiger partial charge is 0.335 e. The van der Waals surface area contributed by atoms with Crippen molar-refractivity contribution in [1.29, 1.82) is 0 Å². The van der Waals surface area contributed by atoms with Crippen molar-refractivity contribution in [2.24, 2.45) is 5.92 Å². The van der Waals surface area contributed by atoms with Gasteiger partial charge >= 0.3 is 0 Å². The third-order valence-electron chi connectivity index (χ3n) is 4.68. The second-order valence-electron chi connectivity index (χ2n) is 6.46. The number of carbonyl (C=O) groups is 3. The summed E-state index contributed by atoms with van der Waals surface area (Å²) in [5, 5.41) is 0. The average Bonchev–Trinajstić information content (AvgIpc) is 2.80. The molecule has 2 fully saturated rings. The van der Waals surface area contributed by atoms with Crippen LogP contribution in [0.25, 0.3) is 0 Å². The molecule has 1 aliphatic carbocycles. The highest BCUT2D eigenvalue weighted by atomic mass is 16.2. The zero-order valence-corrected chi connectivity index (χ0v) is 12.7. The summed E-state index contributed by atoms with van der Waals surface area (Å²) in [5.74, 6) is 0.408. The van der Waals surface area contributed by atoms with Gasteiger partial charge in [-0.3, -0.25) is 14.4 Å². The van der Waals surface area contributed by atoms with Crippen molar-refractivity contribution in [1.82, 2.24) is 4.90 Å². The van der Waals surface area contributed by atoms with E-state index < -0.39 is 0 Å². The van der Waals surface area contributed by atoms with E-state index in [1.54, 1.807) is 0 Å². The summed E-state index contributed by atoms with van der Waals surface area (Å²) in [6.07, 6.45) is 3.28. The fourth-order valence-corrected chi connectivity index (χ4v) is 3.67. The molecule has 0 radical (unpaired) electrons. The van der Waals surface area contributed by atoms with Crippen LogP contribution < -0.4 is 0 Å². The fraction of sp³-hybridized carbons (Fsp3) is 0.500. The van der Waals surface area contributed by atoms with Gasteiger partial charge < -0.3 is 4.90 Å². The molecule has 1 saturated heterocycles. The first kappa shape index (κ1) is 14.9. The lowest BCUT2D eigenvalue weighted by molar-refractivity contribution is -0.131. The number of nitrogens with zero attached hydrogens (tertiary/aromatic N) is 1. The molecule has 4 heteroatoms. The van der Waals surface area contributed by atoms with Crippen molar-refractivity contribution in [3.63, 3.8) is 0 Å². The van der Waals surface area contributed by atoms with Crippen molar-refractivity contribution >= 4 is 17.5 Å². The summed E-state index contributed by atoms with van der Waals surface area (Å²) in [7, 11) is 0. The zero-order valence-electron chi connectivity index (χ0n) is 12.7. The highest BCUT2D eigenvalue weighted by molar-refractivity contribution is 6.01. The van der Waals surface area contributed by atoms with Crippen LogP contribution in [-0.2, 0) is 20.9 Å². The van der Waals surface area contributed by atoms with Crippen molar-refractivity contribution in [3.8, 4) is 0 Å². The first-order valence-electron chi connectivity index (χ1n) is 7.98. The van der Waals surface area contributed by atoms with Crippen LogP contribution in [-0.4, -0.2) is 28.4 Å². The summed E-state index contributed by atoms with van der Waals surface area (Å²) < 4.78 is 0. The average molecular weight is 299 g/mol. The van der Waals surface area contributed by atoms with Gasteiger partial charge in [0.25, 0.3) is 0 Å². The molecule has 22 heavy (non-hydrogen) atoms. The second-order valence-corrected chi connectivity index (χ2v) is 6.46. The van der Waals surface area contributed by atoms with Gasteiger partial charge in [-0.25, -0.2) is 0 Å². The Morgan fingerprint density at radius 2 is 1.68 bits per heavy atom. The van der Waals surface area contributed by atoms with Crippen LogP contribution in [0.3, 0.4) is 0 Å². The van der Waals surface area contributed by atoms with E-state index in [9.17, 15) is 14.4 Å². The van der Waals surface area contributed by atoms with E-state index in [0.29, 0.717) is 25.8 Å². The lowest BCUT2D eigenvalue weighted by Crippen LogP contribution is -2.35. The molecule has 0 bridgehead atoms. The fourth-order valence-electron chi connectivity index (χ4n) is 3.67. The second kappa shape index (κ2) is 6.42. The van der Waals surface area contributed by atoms with Crippen LogP contribution >= 0.6 is 0 Å². The number of ketones is 2. The standard InChI is InChI=1S/C18H21NO3/c20-16-9-14(10-17(21)11-16)8-15-6-7-18(22)19(15)12-13-4-2-1-3-5-13/h1-5,14-15H,6-12H2/t15-/m0/s1. The van der Waals surface area contributed by atoms with Crippen LogP contribution in [0.2, 0.25) is 0 Å². The lowest BCUT2D eigenvalue weighted by Gasteiger charge is -2.29. The van der Waals surface area contributed by atoms with Gasteiger partial charge in [0.1, 0.15) is 11.6 Å². The molecule has 1 aromatic carbocycles. The monoisotopic (exact) mass is 299 g/mol. The van der Waals surface area contributed by atoms with Gasteiger partial charge in [-0.15, -0.1) is 0 Å². The lowest BCUT2D eigenvalue weighted by atomic mass is 9.83. The maximum atomic E-state index is 12.2. The van der Waals surface area contributed by atoms with Crippen molar-refractivity contribution in [2.45, 2.75) is 51.1 Å². The molecule has 2 aliphatic rings. The molecule has 1 heterocycles. The molecule has 3 rings (SSSR count). The maximum Gasteiger partial charge on any atom is 0.223 e. The SMILES string of the molecule is O=C1CC(=O)CC(C[C@@H]2CCC(=O)N2Cc2ccccc2)C1. The van der Waals surface area contributed by atoms with Gasteiger partial charge in [-0.2, -0.15) is 0 Å². The molecule has 116 valence electrons. The van der Waals surface area contributed by atoms with Crippen molar-refractivity contribution < 1.29 is 14.4 Å². The number of benzene rings is 1. The Hall–Kier alpha value is -1.97. The van der Waals surface area contributed by atoms with Gasteiger partial charge in [0.2, 0.25) is 5.91 Å². The van der Waals surface area contributed by atoms with Gasteiger partial charge in [0.05, 0.1) is 6.42 Å². The summed E-state index contributed by atoms with van der Waals surface area (Å²) in [6.45, 7) is 0.624. The van der Waals surface area contributed by atoms with Gasteiger partial charge in [0, 0.05) is 31.8 Å². The van der Waals surface area contributed by atoms with Crippen molar-refractivity contribution in [3.05, 3.63) is 35.9 Å². The number of rotatable bonds is 4. The van der Waals surface area contributed by atoms with Crippen LogP contribution in [0.15, 0.2) is 30.3 Å². The number of carbonyl (C=O) groups excluding carboxylic acids is 3. The zero-order chi connectivity index (χ0) is 15.5. The van der Waals surface area contributed by atoms with Crippen LogP contribution in [0.5, 0.6) is 0 Å². The van der Waals surface area contributed by atoms with Crippen molar-refractivity contribution in [2.75, 3.05) is 0 Å². The normalized spacial score (nSPS) is 23.4. The Morgan fingerprint density at radius 1 is 1.00 bits per heavy atom. The Kier molecular flexibility index (Phi) is 4.36. The summed E-state index contributed by atoms with van der Waals surface area (Å²) in [6, 6.07) is 10.1. The van der Waals surface area contributed by atoms with E-state index in [-0.39, 0.29) is 35.9 Å². The van der Waals surface area contributed by atoms with Crippen LogP contribution in [0.4, 0.5) is 0 Å². The molecule has 1 aliphatic heterocycles. The third-order valence-corrected chi connectivity index (χ3v) is 4.68. The van der Waals surface area contributed by atoms with Gasteiger partial charge in [-0.1, -0.05) is 30.3 Å². The minimum Gasteiger partial charge on any atom is -0.335 e. The number of amides is 1. The summed E-state index contributed by atoms with van der Waals surface area (Å²) in [4.78, 5) is 37.3. The van der Waals surface area contributed by atoms with E-state index in [0.717, 1.165) is 18.4 Å². The first-order valence-corrected chi connectivity index (χ1v) is 7.98. The molecule has 1 saturated carbocycles. The Morgan fingerprint density at radius 3 is 2.36 bits per heavy atom. The highest BCUT2D eigenvalue weighted by Crippen LogP contribution is 2.31.